The van der Waals surface area contributed by atoms with Crippen LogP contribution in [-0.2, 0) is 23.6 Å². The van der Waals surface area contributed by atoms with Crippen molar-refractivity contribution >= 4 is 10.0 Å². The molecule has 3 aromatic rings. The molecule has 0 aliphatic carbocycles. The molecule has 0 amide bonds. The number of imidazole rings is 1. The van der Waals surface area contributed by atoms with E-state index in [1.807, 2.05) is 44.2 Å². The van der Waals surface area contributed by atoms with Crippen LogP contribution in [0.25, 0.3) is 0 Å². The summed E-state index contributed by atoms with van der Waals surface area (Å²) >= 11 is 0. The van der Waals surface area contributed by atoms with Crippen molar-refractivity contribution in [3.05, 3.63) is 60.3 Å². The monoisotopic (exact) mass is 374 g/mol. The SMILES string of the molecule is CC(C)c1nc(S(=O)(=O)NC(Cn2nccn2)c2ccccc2)cn1C. The Morgan fingerprint density at radius 1 is 1.12 bits per heavy atom. The van der Waals surface area contributed by atoms with Gasteiger partial charge in [-0.3, -0.25) is 0 Å². The first-order chi connectivity index (χ1) is 12.4. The number of hydrogen-bond donors (Lipinski definition) is 1. The highest BCUT2D eigenvalue weighted by Gasteiger charge is 2.26. The highest BCUT2D eigenvalue weighted by Crippen LogP contribution is 2.20. The summed E-state index contributed by atoms with van der Waals surface area (Å²) in [6.07, 6.45) is 4.65. The van der Waals surface area contributed by atoms with Gasteiger partial charge in [0.15, 0.2) is 5.03 Å². The number of rotatable bonds is 7. The van der Waals surface area contributed by atoms with Crippen molar-refractivity contribution < 1.29 is 8.42 Å². The zero-order valence-corrected chi connectivity index (χ0v) is 15.8. The Bertz CT molecular complexity index is 949. The van der Waals surface area contributed by atoms with Crippen LogP contribution in [0.4, 0.5) is 0 Å². The van der Waals surface area contributed by atoms with E-state index in [-0.39, 0.29) is 17.5 Å². The number of hydrogen-bond acceptors (Lipinski definition) is 5. The standard InChI is InChI=1S/C17H22N6O2S/c1-13(2)17-20-16(12-22(17)3)26(24,25)21-15(11-23-18-9-10-19-23)14-7-5-4-6-8-14/h4-10,12-13,15,21H,11H2,1-3H3. The van der Waals surface area contributed by atoms with Gasteiger partial charge < -0.3 is 4.57 Å². The molecule has 0 aliphatic heterocycles. The molecule has 1 N–H and O–H groups in total. The van der Waals surface area contributed by atoms with Gasteiger partial charge >= 0.3 is 0 Å². The van der Waals surface area contributed by atoms with Gasteiger partial charge in [-0.1, -0.05) is 44.2 Å². The Balaban J connectivity index is 1.91. The van der Waals surface area contributed by atoms with Crippen LogP contribution < -0.4 is 4.72 Å². The van der Waals surface area contributed by atoms with Crippen LogP contribution in [0.1, 0.15) is 37.2 Å². The zero-order valence-electron chi connectivity index (χ0n) is 14.9. The third-order valence-electron chi connectivity index (χ3n) is 3.99. The van der Waals surface area contributed by atoms with Crippen molar-refractivity contribution in [3.63, 3.8) is 0 Å². The van der Waals surface area contributed by atoms with Gasteiger partial charge in [0.1, 0.15) is 5.82 Å². The van der Waals surface area contributed by atoms with Gasteiger partial charge in [0.2, 0.25) is 0 Å². The molecular formula is C17H22N6O2S. The largest absolute Gasteiger partial charge is 0.336 e. The molecule has 0 saturated heterocycles. The molecule has 1 aromatic carbocycles. The number of aryl methyl sites for hydroxylation is 1. The lowest BCUT2D eigenvalue weighted by molar-refractivity contribution is 0.444. The van der Waals surface area contributed by atoms with Crippen LogP contribution in [0.5, 0.6) is 0 Å². The van der Waals surface area contributed by atoms with E-state index in [0.29, 0.717) is 0 Å². The summed E-state index contributed by atoms with van der Waals surface area (Å²) < 4.78 is 30.3. The van der Waals surface area contributed by atoms with E-state index in [1.165, 1.54) is 11.0 Å². The lowest BCUT2D eigenvalue weighted by atomic mass is 10.1. The first kappa shape index (κ1) is 18.3. The van der Waals surface area contributed by atoms with Crippen LogP contribution in [0, 0.1) is 0 Å². The molecule has 0 fully saturated rings. The van der Waals surface area contributed by atoms with Gasteiger partial charge in [-0.15, -0.1) is 0 Å². The third kappa shape index (κ3) is 4.00. The quantitative estimate of drug-likeness (QED) is 0.681. The minimum atomic E-state index is -3.80. The lowest BCUT2D eigenvalue weighted by Crippen LogP contribution is -2.32. The Morgan fingerprint density at radius 2 is 1.77 bits per heavy atom. The maximum atomic E-state index is 12.9. The average Bonchev–Trinajstić information content (AvgIpc) is 3.24. The smallest absolute Gasteiger partial charge is 0.260 e. The second kappa shape index (κ2) is 7.38. The molecule has 0 spiro atoms. The summed E-state index contributed by atoms with van der Waals surface area (Å²) in [7, 11) is -2.00. The fourth-order valence-corrected chi connectivity index (χ4v) is 3.98. The molecule has 0 radical (unpaired) electrons. The maximum absolute atomic E-state index is 12.9. The van der Waals surface area contributed by atoms with Gasteiger partial charge in [0.05, 0.1) is 25.0 Å². The molecule has 0 aliphatic rings. The van der Waals surface area contributed by atoms with E-state index in [9.17, 15) is 8.42 Å². The fourth-order valence-electron chi connectivity index (χ4n) is 2.76. The molecule has 26 heavy (non-hydrogen) atoms. The third-order valence-corrected chi connectivity index (χ3v) is 5.34. The number of nitrogens with zero attached hydrogens (tertiary/aromatic N) is 5. The van der Waals surface area contributed by atoms with E-state index in [1.54, 1.807) is 24.0 Å². The first-order valence-corrected chi connectivity index (χ1v) is 9.80. The topological polar surface area (TPSA) is 94.7 Å². The Morgan fingerprint density at radius 3 is 2.35 bits per heavy atom. The summed E-state index contributed by atoms with van der Waals surface area (Å²) in [6.45, 7) is 4.23. The molecule has 2 heterocycles. The van der Waals surface area contributed by atoms with E-state index in [4.69, 9.17) is 0 Å². The predicted molar refractivity (Wildman–Crippen MR) is 96.8 cm³/mol. The van der Waals surface area contributed by atoms with Crippen LogP contribution in [-0.4, -0.2) is 33.0 Å². The number of nitrogens with one attached hydrogen (secondary N) is 1. The van der Waals surface area contributed by atoms with Crippen molar-refractivity contribution in [3.8, 4) is 0 Å². The fraction of sp³-hybridized carbons (Fsp3) is 0.353. The molecule has 9 heteroatoms. The van der Waals surface area contributed by atoms with E-state index in [2.05, 4.69) is 19.9 Å². The predicted octanol–water partition coefficient (Wildman–Crippen LogP) is 1.85. The number of aromatic nitrogens is 5. The lowest BCUT2D eigenvalue weighted by Gasteiger charge is -2.18. The highest BCUT2D eigenvalue weighted by molar-refractivity contribution is 7.89. The summed E-state index contributed by atoms with van der Waals surface area (Å²) in [5.41, 5.74) is 0.827. The number of benzene rings is 1. The molecule has 1 atom stereocenters. The van der Waals surface area contributed by atoms with E-state index < -0.39 is 16.1 Å². The molecule has 8 nitrogen and oxygen atoms in total. The van der Waals surface area contributed by atoms with Crippen molar-refractivity contribution in [1.29, 1.82) is 0 Å². The second-order valence-electron chi connectivity index (χ2n) is 6.37. The normalized spacial score (nSPS) is 13.2. The molecule has 2 aromatic heterocycles. The summed E-state index contributed by atoms with van der Waals surface area (Å²) in [5, 5.41) is 8.17. The van der Waals surface area contributed by atoms with Gasteiger partial charge in [0, 0.05) is 19.2 Å². The Labute approximate surface area is 152 Å². The molecular weight excluding hydrogens is 352 g/mol. The molecule has 0 bridgehead atoms. The van der Waals surface area contributed by atoms with Crippen LogP contribution >= 0.6 is 0 Å². The first-order valence-electron chi connectivity index (χ1n) is 8.31. The van der Waals surface area contributed by atoms with Gasteiger partial charge in [-0.05, 0) is 5.56 Å². The van der Waals surface area contributed by atoms with Crippen LogP contribution in [0.3, 0.4) is 0 Å². The summed E-state index contributed by atoms with van der Waals surface area (Å²) in [6, 6.07) is 8.84. The van der Waals surface area contributed by atoms with E-state index in [0.717, 1.165) is 11.4 Å². The maximum Gasteiger partial charge on any atom is 0.260 e. The van der Waals surface area contributed by atoms with Crippen molar-refractivity contribution in [1.82, 2.24) is 29.3 Å². The summed E-state index contributed by atoms with van der Waals surface area (Å²) in [4.78, 5) is 5.76. The van der Waals surface area contributed by atoms with Crippen LogP contribution in [0.2, 0.25) is 0 Å². The highest BCUT2D eigenvalue weighted by atomic mass is 32.2. The second-order valence-corrected chi connectivity index (χ2v) is 8.03. The van der Waals surface area contributed by atoms with Gasteiger partial charge in [-0.2, -0.15) is 15.0 Å². The van der Waals surface area contributed by atoms with Crippen molar-refractivity contribution in [2.75, 3.05) is 0 Å². The zero-order chi connectivity index (χ0) is 18.7. The van der Waals surface area contributed by atoms with Crippen molar-refractivity contribution in [2.24, 2.45) is 7.05 Å². The minimum Gasteiger partial charge on any atom is -0.336 e. The van der Waals surface area contributed by atoms with Gasteiger partial charge in [0.25, 0.3) is 10.0 Å². The molecule has 0 saturated carbocycles. The summed E-state index contributed by atoms with van der Waals surface area (Å²) in [5.74, 6) is 0.845. The minimum absolute atomic E-state index is 0.0121. The Kier molecular flexibility index (Phi) is 5.19. The molecule has 1 unspecified atom stereocenters. The van der Waals surface area contributed by atoms with E-state index >= 15 is 0 Å². The average molecular weight is 374 g/mol. The van der Waals surface area contributed by atoms with Crippen molar-refractivity contribution in [2.45, 2.75) is 37.4 Å². The molecule has 138 valence electrons. The molecule has 3 rings (SSSR count). The van der Waals surface area contributed by atoms with Crippen LogP contribution in [0.15, 0.2) is 53.9 Å². The number of sulfonamides is 1. The Hall–Kier alpha value is -2.52. The van der Waals surface area contributed by atoms with Gasteiger partial charge in [-0.25, -0.2) is 18.1 Å².